The quantitative estimate of drug-likeness (QED) is 0.505. The Morgan fingerprint density at radius 1 is 1.75 bits per heavy atom. The number of hydrogen-bond donors (Lipinski definition) is 0. The molecule has 0 N–H and O–H groups in total. The van der Waals surface area contributed by atoms with Gasteiger partial charge >= 0.3 is 0 Å². The zero-order valence-electron chi connectivity index (χ0n) is 5.11. The summed E-state index contributed by atoms with van der Waals surface area (Å²) in [7, 11) is 0. The number of allylic oxidation sites excluding steroid dienone is 2. The number of carbonyl (C=O) groups excluding carboxylic acids is 1. The highest BCUT2D eigenvalue weighted by atomic mass is 16.1. The lowest BCUT2D eigenvalue weighted by Gasteiger charge is -1.90. The van der Waals surface area contributed by atoms with Gasteiger partial charge in [0.2, 0.25) is 0 Å². The van der Waals surface area contributed by atoms with Gasteiger partial charge in [0, 0.05) is 0 Å². The standard InChI is InChI=1S/C7H10O/c1-4-6(3)7(8)5-2/h5H,2-4H2,1H3. The first kappa shape index (κ1) is 7.15. The minimum Gasteiger partial charge on any atom is -0.290 e. The highest BCUT2D eigenvalue weighted by molar-refractivity contribution is 6.02. The van der Waals surface area contributed by atoms with Crippen molar-refractivity contribution in [2.75, 3.05) is 0 Å². The molecule has 0 aromatic heterocycles. The van der Waals surface area contributed by atoms with Crippen molar-refractivity contribution in [1.82, 2.24) is 0 Å². The molecule has 0 heterocycles. The zero-order valence-corrected chi connectivity index (χ0v) is 5.11. The summed E-state index contributed by atoms with van der Waals surface area (Å²) in [6, 6.07) is 0. The third-order valence-corrected chi connectivity index (χ3v) is 0.961. The van der Waals surface area contributed by atoms with Crippen molar-refractivity contribution in [3.8, 4) is 0 Å². The lowest BCUT2D eigenvalue weighted by molar-refractivity contribution is -0.111. The molecular formula is C7H10O. The van der Waals surface area contributed by atoms with Gasteiger partial charge in [0.1, 0.15) is 0 Å². The zero-order chi connectivity index (χ0) is 6.57. The van der Waals surface area contributed by atoms with E-state index in [4.69, 9.17) is 0 Å². The summed E-state index contributed by atoms with van der Waals surface area (Å²) in [5, 5.41) is 0. The van der Waals surface area contributed by atoms with Crippen molar-refractivity contribution >= 4 is 5.78 Å². The molecule has 0 amide bonds. The molecule has 0 saturated heterocycles. The molecule has 44 valence electrons. The molecule has 0 bridgehead atoms. The average Bonchev–Trinajstić information content (AvgIpc) is 1.84. The first-order chi connectivity index (χ1) is 3.72. The molecule has 0 aromatic rings. The largest absolute Gasteiger partial charge is 0.290 e. The first-order valence-electron chi connectivity index (χ1n) is 2.57. The number of ketones is 1. The monoisotopic (exact) mass is 110 g/mol. The van der Waals surface area contributed by atoms with Crippen LogP contribution in [0.4, 0.5) is 0 Å². The summed E-state index contributed by atoms with van der Waals surface area (Å²) in [4.78, 5) is 10.5. The van der Waals surface area contributed by atoms with Gasteiger partial charge < -0.3 is 0 Å². The van der Waals surface area contributed by atoms with Gasteiger partial charge in [-0.25, -0.2) is 0 Å². The van der Waals surface area contributed by atoms with Crippen LogP contribution in [0.5, 0.6) is 0 Å². The van der Waals surface area contributed by atoms with E-state index in [1.54, 1.807) is 0 Å². The van der Waals surface area contributed by atoms with E-state index in [2.05, 4.69) is 13.2 Å². The minimum atomic E-state index is -0.0486. The van der Waals surface area contributed by atoms with E-state index in [0.717, 1.165) is 0 Å². The van der Waals surface area contributed by atoms with Crippen LogP contribution in [0.1, 0.15) is 13.3 Å². The topological polar surface area (TPSA) is 17.1 Å². The average molecular weight is 110 g/mol. The van der Waals surface area contributed by atoms with E-state index < -0.39 is 0 Å². The molecule has 0 aliphatic rings. The summed E-state index contributed by atoms with van der Waals surface area (Å²) in [5.74, 6) is -0.0486. The molecule has 0 aliphatic heterocycles. The molecule has 0 radical (unpaired) electrons. The Kier molecular flexibility index (Phi) is 2.85. The summed E-state index contributed by atoms with van der Waals surface area (Å²) in [5.41, 5.74) is 0.625. The molecule has 1 nitrogen and oxygen atoms in total. The van der Waals surface area contributed by atoms with Crippen molar-refractivity contribution in [1.29, 1.82) is 0 Å². The summed E-state index contributed by atoms with van der Waals surface area (Å²) >= 11 is 0. The molecule has 0 unspecified atom stereocenters. The van der Waals surface area contributed by atoms with E-state index in [1.807, 2.05) is 6.92 Å². The SMILES string of the molecule is C=CC(=O)C(=C)CC. The van der Waals surface area contributed by atoms with Crippen molar-refractivity contribution in [3.05, 3.63) is 24.8 Å². The number of carbonyl (C=O) groups is 1. The Bertz CT molecular complexity index is 122. The molecule has 0 rings (SSSR count). The van der Waals surface area contributed by atoms with Gasteiger partial charge in [-0.05, 0) is 18.1 Å². The van der Waals surface area contributed by atoms with Gasteiger partial charge in [0.25, 0.3) is 0 Å². The molecule has 0 aromatic carbocycles. The van der Waals surface area contributed by atoms with Crippen LogP contribution in [0.25, 0.3) is 0 Å². The first-order valence-corrected chi connectivity index (χ1v) is 2.57. The lowest BCUT2D eigenvalue weighted by atomic mass is 10.1. The van der Waals surface area contributed by atoms with Crippen molar-refractivity contribution in [2.45, 2.75) is 13.3 Å². The van der Waals surface area contributed by atoms with Gasteiger partial charge in [-0.15, -0.1) is 0 Å². The second-order valence-electron chi connectivity index (χ2n) is 1.53. The van der Waals surface area contributed by atoms with E-state index in [0.29, 0.717) is 12.0 Å². The van der Waals surface area contributed by atoms with Crippen LogP contribution in [-0.2, 0) is 4.79 Å². The Labute approximate surface area is 49.7 Å². The smallest absolute Gasteiger partial charge is 0.180 e. The van der Waals surface area contributed by atoms with Crippen molar-refractivity contribution in [3.63, 3.8) is 0 Å². The Morgan fingerprint density at radius 3 is 2.38 bits per heavy atom. The van der Waals surface area contributed by atoms with E-state index in [1.165, 1.54) is 6.08 Å². The molecule has 0 atom stereocenters. The lowest BCUT2D eigenvalue weighted by Crippen LogP contribution is -1.93. The highest BCUT2D eigenvalue weighted by Crippen LogP contribution is 1.97. The summed E-state index contributed by atoms with van der Waals surface area (Å²) in [6.07, 6.45) is 2.00. The Balaban J connectivity index is 3.82. The minimum absolute atomic E-state index is 0.0486. The predicted molar refractivity (Wildman–Crippen MR) is 34.6 cm³/mol. The predicted octanol–water partition coefficient (Wildman–Crippen LogP) is 1.71. The van der Waals surface area contributed by atoms with E-state index >= 15 is 0 Å². The van der Waals surface area contributed by atoms with Gasteiger partial charge in [-0.2, -0.15) is 0 Å². The van der Waals surface area contributed by atoms with Crippen LogP contribution in [0.15, 0.2) is 24.8 Å². The summed E-state index contributed by atoms with van der Waals surface area (Å²) < 4.78 is 0. The Morgan fingerprint density at radius 2 is 2.25 bits per heavy atom. The molecule has 0 spiro atoms. The van der Waals surface area contributed by atoms with Gasteiger partial charge in [-0.1, -0.05) is 20.1 Å². The van der Waals surface area contributed by atoms with Crippen LogP contribution in [0.3, 0.4) is 0 Å². The normalized spacial score (nSPS) is 8.12. The van der Waals surface area contributed by atoms with E-state index in [9.17, 15) is 4.79 Å². The second-order valence-corrected chi connectivity index (χ2v) is 1.53. The van der Waals surface area contributed by atoms with E-state index in [-0.39, 0.29) is 5.78 Å². The fourth-order valence-corrected chi connectivity index (χ4v) is 0.319. The molecule has 1 heteroatoms. The third-order valence-electron chi connectivity index (χ3n) is 0.961. The molecular weight excluding hydrogens is 100 g/mol. The van der Waals surface area contributed by atoms with Crippen LogP contribution >= 0.6 is 0 Å². The molecule has 8 heavy (non-hydrogen) atoms. The van der Waals surface area contributed by atoms with Crippen LogP contribution in [-0.4, -0.2) is 5.78 Å². The maximum atomic E-state index is 10.5. The molecule has 0 fully saturated rings. The fourth-order valence-electron chi connectivity index (χ4n) is 0.319. The molecule has 0 aliphatic carbocycles. The second kappa shape index (κ2) is 3.19. The van der Waals surface area contributed by atoms with Crippen LogP contribution in [0, 0.1) is 0 Å². The van der Waals surface area contributed by atoms with Crippen molar-refractivity contribution in [2.24, 2.45) is 0 Å². The highest BCUT2D eigenvalue weighted by Gasteiger charge is 1.95. The van der Waals surface area contributed by atoms with Gasteiger partial charge in [0.05, 0.1) is 0 Å². The maximum Gasteiger partial charge on any atom is 0.180 e. The maximum absolute atomic E-state index is 10.5. The fraction of sp³-hybridized carbons (Fsp3) is 0.286. The number of rotatable bonds is 3. The van der Waals surface area contributed by atoms with Gasteiger partial charge in [-0.3, -0.25) is 4.79 Å². The summed E-state index contributed by atoms with van der Waals surface area (Å²) in [6.45, 7) is 8.74. The Hall–Kier alpha value is -0.850. The third kappa shape index (κ3) is 1.73. The van der Waals surface area contributed by atoms with Crippen LogP contribution in [0.2, 0.25) is 0 Å². The van der Waals surface area contributed by atoms with Gasteiger partial charge in [0.15, 0.2) is 5.78 Å². The number of hydrogen-bond acceptors (Lipinski definition) is 1. The van der Waals surface area contributed by atoms with Crippen LogP contribution < -0.4 is 0 Å². The van der Waals surface area contributed by atoms with Crippen molar-refractivity contribution < 1.29 is 4.79 Å². The molecule has 0 saturated carbocycles.